The molecule has 2 aromatic rings. The van der Waals surface area contributed by atoms with Crippen LogP contribution < -0.4 is 0 Å². The molecule has 0 saturated carbocycles. The van der Waals surface area contributed by atoms with Gasteiger partial charge in [0.05, 0.1) is 6.61 Å². The Balaban J connectivity index is 0.000000610. The molecule has 0 fully saturated rings. The van der Waals surface area contributed by atoms with Crippen molar-refractivity contribution in [1.29, 1.82) is 0 Å². The smallest absolute Gasteiger partial charge is 0.485 e. The van der Waals surface area contributed by atoms with Crippen molar-refractivity contribution < 1.29 is 30.3 Å². The molecule has 0 unspecified atom stereocenters. The minimum atomic E-state index is -2.17. The van der Waals surface area contributed by atoms with E-state index >= 15 is 0 Å². The molecule has 0 spiro atoms. The molecule has 0 N–H and O–H groups in total. The zero-order valence-electron chi connectivity index (χ0n) is 18.7. The molecule has 1 aliphatic rings. The van der Waals surface area contributed by atoms with Gasteiger partial charge in [0.15, 0.2) is 14.2 Å². The average molecular weight is 474 g/mol. The molecule has 0 radical (unpaired) electrons. The molecule has 4 nitrogen and oxygen atoms in total. The molecular weight excluding hydrogens is 438 g/mol. The first kappa shape index (κ1) is 26.1. The van der Waals surface area contributed by atoms with Crippen LogP contribution in [0, 0.1) is 0 Å². The van der Waals surface area contributed by atoms with E-state index in [1.807, 2.05) is 54.6 Å². The first-order valence-electron chi connectivity index (χ1n) is 9.94. The molecule has 2 aromatic carbocycles. The first-order chi connectivity index (χ1) is 13.0. The third-order valence-corrected chi connectivity index (χ3v) is 13.6. The Labute approximate surface area is 189 Å². The van der Waals surface area contributed by atoms with E-state index in [1.54, 1.807) is 0 Å². The molecule has 0 amide bonds. The zero-order valence-corrected chi connectivity index (χ0v) is 21.8. The van der Waals surface area contributed by atoms with E-state index < -0.39 is 16.9 Å². The Hall–Kier alpha value is -0.957. The van der Waals surface area contributed by atoms with Crippen molar-refractivity contribution in [2.45, 2.75) is 58.0 Å². The summed E-state index contributed by atoms with van der Waals surface area (Å²) in [6.45, 7) is 16.7. The Kier molecular flexibility index (Phi) is 9.79. The summed E-state index contributed by atoms with van der Waals surface area (Å²) in [5.41, 5.74) is 1.04. The summed E-state index contributed by atoms with van der Waals surface area (Å²) in [6, 6.07) is 18.1. The van der Waals surface area contributed by atoms with Crippen LogP contribution in [0.2, 0.25) is 31.2 Å². The molecule has 0 saturated heterocycles. The van der Waals surface area contributed by atoms with Crippen molar-refractivity contribution in [3.8, 4) is 0 Å². The number of hydrogen-bond donors (Lipinski definition) is 0. The summed E-state index contributed by atoms with van der Waals surface area (Å²) in [5.74, 6) is 0.730. The van der Waals surface area contributed by atoms with Gasteiger partial charge < -0.3 is 13.3 Å². The maximum atomic E-state index is 6.51. The Morgan fingerprint density at radius 1 is 1.10 bits per heavy atom. The number of hydrogen-bond acceptors (Lipinski definition) is 4. The molecule has 0 aliphatic carbocycles. The molecule has 0 aromatic heterocycles. The largest absolute Gasteiger partial charge is 2.00 e. The predicted molar refractivity (Wildman–Crippen MR) is 122 cm³/mol. The van der Waals surface area contributed by atoms with Gasteiger partial charge in [0.25, 0.3) is 0 Å². The second-order valence-corrected chi connectivity index (χ2v) is 17.5. The van der Waals surface area contributed by atoms with Crippen molar-refractivity contribution in [2.75, 3.05) is 13.2 Å². The van der Waals surface area contributed by atoms with Crippen LogP contribution in [-0.4, -0.2) is 42.0 Å². The zero-order chi connectivity index (χ0) is 20.8. The molecule has 0 bridgehead atoms. The van der Waals surface area contributed by atoms with Gasteiger partial charge in [-0.1, -0.05) is 26.3 Å². The monoisotopic (exact) mass is 473 g/mol. The van der Waals surface area contributed by atoms with Crippen molar-refractivity contribution in [1.82, 2.24) is 0 Å². The maximum Gasteiger partial charge on any atom is 2.00 e. The fourth-order valence-electron chi connectivity index (χ4n) is 2.59. The van der Waals surface area contributed by atoms with E-state index in [-0.39, 0.29) is 28.1 Å². The molecule has 1 aliphatic heterocycles. The van der Waals surface area contributed by atoms with Crippen molar-refractivity contribution in [2.24, 2.45) is 4.99 Å². The van der Waals surface area contributed by atoms with Gasteiger partial charge >= 0.3 is 25.6 Å². The fraction of sp³-hybridized carbons (Fsp3) is 0.500. The molecule has 162 valence electrons. The summed E-state index contributed by atoms with van der Waals surface area (Å²) in [5, 5.41) is 0.195. The van der Waals surface area contributed by atoms with Gasteiger partial charge in [-0.25, -0.2) is 24.3 Å². The second-order valence-electron chi connectivity index (χ2n) is 9.11. The average Bonchev–Trinajstić information content (AvgIpc) is 3.34. The van der Waals surface area contributed by atoms with Gasteiger partial charge in [0.2, 0.25) is 0 Å². The Morgan fingerprint density at radius 2 is 1.69 bits per heavy atom. The number of aliphatic imine (C=N–C) groups is 1. The molecule has 29 heavy (non-hydrogen) atoms. The summed E-state index contributed by atoms with van der Waals surface area (Å²) in [6.07, 6.45) is 0. The van der Waals surface area contributed by atoms with E-state index in [0.29, 0.717) is 13.2 Å². The molecule has 3 rings (SSSR count). The van der Waals surface area contributed by atoms with E-state index in [9.17, 15) is 0 Å². The topological polar surface area (TPSA) is 40.0 Å². The Morgan fingerprint density at radius 3 is 2.17 bits per heavy atom. The third-order valence-electron chi connectivity index (χ3n) is 5.11. The van der Waals surface area contributed by atoms with E-state index in [0.717, 1.165) is 11.5 Å². The molecule has 1 atom stereocenters. The van der Waals surface area contributed by atoms with Crippen molar-refractivity contribution >= 4 is 22.8 Å². The first-order valence-corrected chi connectivity index (χ1v) is 15.7. The third kappa shape index (κ3) is 8.36. The van der Waals surface area contributed by atoms with Crippen LogP contribution in [0.15, 0.2) is 59.6 Å². The van der Waals surface area contributed by atoms with Crippen LogP contribution in [0.3, 0.4) is 0 Å². The van der Waals surface area contributed by atoms with Crippen LogP contribution >= 0.6 is 0 Å². The van der Waals surface area contributed by atoms with E-state index in [2.05, 4.69) is 52.0 Å². The van der Waals surface area contributed by atoms with Crippen LogP contribution in [0.25, 0.3) is 0 Å². The van der Waals surface area contributed by atoms with Crippen molar-refractivity contribution in [3.63, 3.8) is 0 Å². The standard InChI is InChI=1S/C17H30NO3Si2.C5H5.Fe/c1-17(2,3)22(4,5)21-23(6,7)20-13-15-12-19-16(18-15)14-10-8-9-11-14;1-2-4-5-3-1;/h8-11,15H,12-13H2,1-7H3;1-5H;/q2*-1;+2/t15-;;/m0../s1. The van der Waals surface area contributed by atoms with Crippen LogP contribution in [0.5, 0.6) is 0 Å². The number of nitrogens with zero attached hydrogens (tertiary/aromatic N) is 1. The summed E-state index contributed by atoms with van der Waals surface area (Å²) >= 11 is 0. The van der Waals surface area contributed by atoms with Crippen molar-refractivity contribution in [3.05, 3.63) is 60.2 Å². The van der Waals surface area contributed by atoms with Gasteiger partial charge in [-0.3, -0.25) is 4.99 Å². The molecular formula is C22H35FeNO3Si2. The predicted octanol–water partition coefficient (Wildman–Crippen LogP) is 5.69. The van der Waals surface area contributed by atoms with Crippen LogP contribution in [0.1, 0.15) is 26.3 Å². The summed E-state index contributed by atoms with van der Waals surface area (Å²) < 4.78 is 18.4. The normalized spacial score (nSPS) is 16.9. The summed E-state index contributed by atoms with van der Waals surface area (Å²) in [7, 11) is -3.97. The summed E-state index contributed by atoms with van der Waals surface area (Å²) in [4.78, 5) is 4.63. The van der Waals surface area contributed by atoms with Gasteiger partial charge in [-0.15, -0.1) is 0 Å². The Bertz CT molecular complexity index is 703. The molecule has 1 heterocycles. The second kappa shape index (κ2) is 10.9. The number of rotatable bonds is 6. The fourth-order valence-corrected chi connectivity index (χ4v) is 9.56. The molecule has 7 heteroatoms. The van der Waals surface area contributed by atoms with Gasteiger partial charge in [-0.05, 0) is 31.2 Å². The quantitative estimate of drug-likeness (QED) is 0.400. The van der Waals surface area contributed by atoms with E-state index in [1.165, 1.54) is 0 Å². The van der Waals surface area contributed by atoms with Gasteiger partial charge in [0.1, 0.15) is 12.6 Å². The minimum Gasteiger partial charge on any atom is -0.485 e. The van der Waals surface area contributed by atoms with Crippen LogP contribution in [0.4, 0.5) is 0 Å². The SMILES string of the molecule is CC(C)(C)[Si](C)(C)O[Si](C)(C)OC[C@@H]1COC([c-]2cccc2)=N1.[Fe+2].c1cc[cH-]c1. The van der Waals surface area contributed by atoms with E-state index in [4.69, 9.17) is 13.3 Å². The number of ether oxygens (including phenoxy) is 1. The van der Waals surface area contributed by atoms with Gasteiger partial charge in [-0.2, -0.15) is 30.3 Å². The minimum absolute atomic E-state index is 0. The van der Waals surface area contributed by atoms with Gasteiger partial charge in [0, 0.05) is 0 Å². The maximum absolute atomic E-state index is 6.51. The van der Waals surface area contributed by atoms with Crippen LogP contribution in [-0.2, 0) is 30.3 Å².